The van der Waals surface area contributed by atoms with Crippen molar-refractivity contribution in [3.8, 4) is 11.5 Å². The fraction of sp³-hybridized carbons (Fsp3) is 0.318. The summed E-state index contributed by atoms with van der Waals surface area (Å²) in [6.45, 7) is 3.94. The van der Waals surface area contributed by atoms with Crippen molar-refractivity contribution in [1.29, 1.82) is 0 Å². The van der Waals surface area contributed by atoms with E-state index in [0.717, 1.165) is 36.0 Å². The number of hydrogen-bond donors (Lipinski definition) is 0. The molecule has 0 aliphatic carbocycles. The molecular weight excluding hydrogens is 376 g/mol. The van der Waals surface area contributed by atoms with Crippen LogP contribution in [0.3, 0.4) is 0 Å². The van der Waals surface area contributed by atoms with Crippen LogP contribution in [0.2, 0.25) is 5.02 Å². The number of amides is 1. The van der Waals surface area contributed by atoms with Gasteiger partial charge in [-0.15, -0.1) is 0 Å². The molecule has 6 heteroatoms. The van der Waals surface area contributed by atoms with Gasteiger partial charge in [0.2, 0.25) is 5.91 Å². The molecule has 3 rings (SSSR count). The minimum Gasteiger partial charge on any atom is -0.497 e. The number of rotatable bonds is 6. The van der Waals surface area contributed by atoms with Gasteiger partial charge in [-0.3, -0.25) is 9.69 Å². The number of halogens is 1. The highest BCUT2D eigenvalue weighted by Gasteiger charge is 2.19. The molecule has 2 aromatic carbocycles. The first-order valence-electron chi connectivity index (χ1n) is 9.25. The molecule has 2 aromatic rings. The van der Waals surface area contributed by atoms with E-state index >= 15 is 0 Å². The summed E-state index contributed by atoms with van der Waals surface area (Å²) in [5.74, 6) is 1.44. The molecule has 0 aromatic heterocycles. The van der Waals surface area contributed by atoms with Crippen LogP contribution in [-0.4, -0.2) is 56.1 Å². The Kier molecular flexibility index (Phi) is 6.95. The maximum absolute atomic E-state index is 12.6. The van der Waals surface area contributed by atoms with Crippen molar-refractivity contribution >= 4 is 23.6 Å². The molecule has 1 amide bonds. The molecular formula is C22H25ClN2O3. The lowest BCUT2D eigenvalue weighted by Gasteiger charge is -2.34. The van der Waals surface area contributed by atoms with E-state index in [-0.39, 0.29) is 5.91 Å². The number of methoxy groups -OCH3 is 2. The molecule has 28 heavy (non-hydrogen) atoms. The molecule has 1 heterocycles. The number of ether oxygens (including phenoxy) is 2. The average molecular weight is 401 g/mol. The van der Waals surface area contributed by atoms with Crippen LogP contribution in [0.5, 0.6) is 11.5 Å². The Morgan fingerprint density at radius 1 is 1.07 bits per heavy atom. The minimum absolute atomic E-state index is 0.00674. The van der Waals surface area contributed by atoms with Gasteiger partial charge in [0, 0.05) is 49.4 Å². The summed E-state index contributed by atoms with van der Waals surface area (Å²) in [6.07, 6.45) is 3.38. The van der Waals surface area contributed by atoms with E-state index in [0.29, 0.717) is 18.8 Å². The Bertz CT molecular complexity index is 845. The molecule has 0 atom stereocenters. The molecule has 0 radical (unpaired) electrons. The van der Waals surface area contributed by atoms with Crippen LogP contribution in [0.1, 0.15) is 11.1 Å². The van der Waals surface area contributed by atoms with Gasteiger partial charge < -0.3 is 14.4 Å². The summed E-state index contributed by atoms with van der Waals surface area (Å²) >= 11 is 6.06. The first-order valence-corrected chi connectivity index (χ1v) is 9.62. The number of piperazine rings is 1. The molecule has 1 aliphatic rings. The van der Waals surface area contributed by atoms with E-state index in [1.165, 1.54) is 5.56 Å². The van der Waals surface area contributed by atoms with Gasteiger partial charge in [0.1, 0.15) is 11.5 Å². The van der Waals surface area contributed by atoms with Gasteiger partial charge in [0.25, 0.3) is 0 Å². The zero-order chi connectivity index (χ0) is 19.9. The Labute approximate surface area is 171 Å². The molecule has 0 spiro atoms. The van der Waals surface area contributed by atoms with E-state index in [2.05, 4.69) is 11.0 Å². The Balaban J connectivity index is 1.56. The molecule has 1 saturated heterocycles. The topological polar surface area (TPSA) is 42.0 Å². The Hall–Kier alpha value is -2.50. The van der Waals surface area contributed by atoms with Crippen LogP contribution < -0.4 is 9.47 Å². The Morgan fingerprint density at radius 2 is 1.86 bits per heavy atom. The highest BCUT2D eigenvalue weighted by molar-refractivity contribution is 6.30. The predicted octanol–water partition coefficient (Wildman–Crippen LogP) is 3.71. The quantitative estimate of drug-likeness (QED) is 0.693. The maximum atomic E-state index is 12.6. The third-order valence-corrected chi connectivity index (χ3v) is 5.06. The van der Waals surface area contributed by atoms with E-state index in [9.17, 15) is 4.79 Å². The van der Waals surface area contributed by atoms with Crippen molar-refractivity contribution in [2.75, 3.05) is 40.4 Å². The SMILES string of the molecule is COc1ccc(OC)c(/C=C/C(=O)N2CCN(Cc3cccc(Cl)c3)CC2)c1. The van der Waals surface area contributed by atoms with Gasteiger partial charge in [-0.2, -0.15) is 0 Å². The van der Waals surface area contributed by atoms with Crippen molar-refractivity contribution in [3.05, 3.63) is 64.7 Å². The molecule has 5 nitrogen and oxygen atoms in total. The van der Waals surface area contributed by atoms with Gasteiger partial charge in [-0.05, 0) is 42.0 Å². The van der Waals surface area contributed by atoms with Crippen LogP contribution in [0.4, 0.5) is 0 Å². The van der Waals surface area contributed by atoms with E-state index in [4.69, 9.17) is 21.1 Å². The van der Waals surface area contributed by atoms with Gasteiger partial charge in [0.15, 0.2) is 0 Å². The van der Waals surface area contributed by atoms with Crippen molar-refractivity contribution in [2.45, 2.75) is 6.54 Å². The van der Waals surface area contributed by atoms with Crippen molar-refractivity contribution in [2.24, 2.45) is 0 Å². The fourth-order valence-corrected chi connectivity index (χ4v) is 3.47. The lowest BCUT2D eigenvalue weighted by Crippen LogP contribution is -2.47. The van der Waals surface area contributed by atoms with E-state index in [1.807, 2.05) is 41.3 Å². The van der Waals surface area contributed by atoms with Crippen LogP contribution in [0, 0.1) is 0 Å². The number of nitrogens with zero attached hydrogens (tertiary/aromatic N) is 2. The molecule has 0 unspecified atom stereocenters. The second kappa shape index (κ2) is 9.62. The van der Waals surface area contributed by atoms with Crippen LogP contribution in [-0.2, 0) is 11.3 Å². The van der Waals surface area contributed by atoms with Gasteiger partial charge >= 0.3 is 0 Å². The smallest absolute Gasteiger partial charge is 0.246 e. The summed E-state index contributed by atoms with van der Waals surface area (Å²) in [7, 11) is 3.23. The zero-order valence-electron chi connectivity index (χ0n) is 16.2. The van der Waals surface area contributed by atoms with Crippen LogP contribution in [0.15, 0.2) is 48.5 Å². The Morgan fingerprint density at radius 3 is 2.54 bits per heavy atom. The summed E-state index contributed by atoms with van der Waals surface area (Å²) < 4.78 is 10.6. The van der Waals surface area contributed by atoms with Crippen LogP contribution >= 0.6 is 11.6 Å². The minimum atomic E-state index is 0.00674. The fourth-order valence-electron chi connectivity index (χ4n) is 3.26. The largest absolute Gasteiger partial charge is 0.497 e. The first-order chi connectivity index (χ1) is 13.6. The second-order valence-electron chi connectivity index (χ2n) is 6.67. The summed E-state index contributed by atoms with van der Waals surface area (Å²) in [5.41, 5.74) is 2.01. The van der Waals surface area contributed by atoms with Crippen molar-refractivity contribution < 1.29 is 14.3 Å². The molecule has 148 valence electrons. The van der Waals surface area contributed by atoms with Crippen molar-refractivity contribution in [3.63, 3.8) is 0 Å². The van der Waals surface area contributed by atoms with Crippen LogP contribution in [0.25, 0.3) is 6.08 Å². The van der Waals surface area contributed by atoms with E-state index < -0.39 is 0 Å². The highest BCUT2D eigenvalue weighted by Crippen LogP contribution is 2.25. The highest BCUT2D eigenvalue weighted by atomic mass is 35.5. The molecule has 0 saturated carbocycles. The lowest BCUT2D eigenvalue weighted by atomic mass is 10.1. The summed E-state index contributed by atoms with van der Waals surface area (Å²) in [4.78, 5) is 16.8. The second-order valence-corrected chi connectivity index (χ2v) is 7.11. The molecule has 0 N–H and O–H groups in total. The number of carbonyl (C=O) groups is 1. The third-order valence-electron chi connectivity index (χ3n) is 4.82. The number of carbonyl (C=O) groups excluding carboxylic acids is 1. The summed E-state index contributed by atoms with van der Waals surface area (Å²) in [5, 5.41) is 0.754. The predicted molar refractivity (Wildman–Crippen MR) is 112 cm³/mol. The average Bonchev–Trinajstić information content (AvgIpc) is 2.72. The molecule has 0 bridgehead atoms. The summed E-state index contributed by atoms with van der Waals surface area (Å²) in [6, 6.07) is 13.4. The molecule has 1 aliphatic heterocycles. The monoisotopic (exact) mass is 400 g/mol. The van der Waals surface area contributed by atoms with Gasteiger partial charge in [-0.1, -0.05) is 23.7 Å². The zero-order valence-corrected chi connectivity index (χ0v) is 17.0. The van der Waals surface area contributed by atoms with E-state index in [1.54, 1.807) is 26.4 Å². The standard InChI is InChI=1S/C22H25ClN2O3/c1-27-20-7-8-21(28-2)18(15-20)6-9-22(26)25-12-10-24(11-13-25)16-17-4-3-5-19(23)14-17/h3-9,14-15H,10-13,16H2,1-2H3/b9-6+. The lowest BCUT2D eigenvalue weighted by molar-refractivity contribution is -0.127. The molecule has 1 fully saturated rings. The number of hydrogen-bond acceptors (Lipinski definition) is 4. The van der Waals surface area contributed by atoms with Gasteiger partial charge in [-0.25, -0.2) is 0 Å². The maximum Gasteiger partial charge on any atom is 0.246 e. The van der Waals surface area contributed by atoms with Crippen molar-refractivity contribution in [1.82, 2.24) is 9.80 Å². The first kappa shape index (κ1) is 20.2. The number of benzene rings is 2. The third kappa shape index (κ3) is 5.27. The normalized spacial score (nSPS) is 15.0. The van der Waals surface area contributed by atoms with Gasteiger partial charge in [0.05, 0.1) is 14.2 Å².